The summed E-state index contributed by atoms with van der Waals surface area (Å²) in [6.45, 7) is 7.43. The van der Waals surface area contributed by atoms with Crippen molar-refractivity contribution in [3.05, 3.63) is 0 Å². The van der Waals surface area contributed by atoms with Gasteiger partial charge in [0.1, 0.15) is 0 Å². The van der Waals surface area contributed by atoms with Gasteiger partial charge >= 0.3 is 0 Å². The molecule has 0 aromatic heterocycles. The molecule has 0 atom stereocenters. The lowest BCUT2D eigenvalue weighted by Crippen LogP contribution is -2.06. The molecule has 11 heavy (non-hydrogen) atoms. The van der Waals surface area contributed by atoms with E-state index in [1.807, 2.05) is 20.9 Å². The van der Waals surface area contributed by atoms with Crippen LogP contribution in [-0.2, 0) is 0 Å². The van der Waals surface area contributed by atoms with Crippen molar-refractivity contribution in [2.45, 2.75) is 52.9 Å². The van der Waals surface area contributed by atoms with E-state index in [-0.39, 0.29) is 0 Å². The zero-order valence-corrected chi connectivity index (χ0v) is 8.74. The number of unbranched alkanes of at least 4 members (excludes halogenated alkanes) is 4. The van der Waals surface area contributed by atoms with Crippen LogP contribution in [0.5, 0.6) is 0 Å². The molecule has 0 aromatic rings. The lowest BCUT2D eigenvalue weighted by atomic mass is 10.1. The Hall–Kier alpha value is -0.0400. The second-order valence-electron chi connectivity index (χ2n) is 2.52. The van der Waals surface area contributed by atoms with Gasteiger partial charge in [-0.3, -0.25) is 0 Å². The van der Waals surface area contributed by atoms with Crippen LogP contribution in [-0.4, -0.2) is 13.6 Å². The third-order valence-electron chi connectivity index (χ3n) is 1.53. The minimum absolute atomic E-state index is 1.18. The number of rotatable bonds is 6. The van der Waals surface area contributed by atoms with E-state index in [2.05, 4.69) is 12.2 Å². The molecule has 0 amide bonds. The average molecular weight is 159 g/mol. The molecule has 0 aliphatic carbocycles. The molecule has 0 heterocycles. The first-order valence-electron chi connectivity index (χ1n) is 5.06. The molecule has 0 aliphatic rings. The highest BCUT2D eigenvalue weighted by atomic mass is 14.8. The summed E-state index contributed by atoms with van der Waals surface area (Å²) in [6, 6.07) is 0. The molecule has 0 unspecified atom stereocenters. The Balaban J connectivity index is 0. The Morgan fingerprint density at radius 1 is 0.909 bits per heavy atom. The molecule has 0 saturated carbocycles. The lowest BCUT2D eigenvalue weighted by Gasteiger charge is -1.97. The Labute approximate surface area is 72.6 Å². The molecule has 70 valence electrons. The first-order valence-corrected chi connectivity index (χ1v) is 5.06. The SMILES string of the molecule is CC.CCCCCCCNC. The summed E-state index contributed by atoms with van der Waals surface area (Å²) in [4.78, 5) is 0. The van der Waals surface area contributed by atoms with Crippen molar-refractivity contribution >= 4 is 0 Å². The van der Waals surface area contributed by atoms with Gasteiger partial charge in [0, 0.05) is 0 Å². The van der Waals surface area contributed by atoms with Crippen LogP contribution < -0.4 is 5.32 Å². The van der Waals surface area contributed by atoms with E-state index in [9.17, 15) is 0 Å². The lowest BCUT2D eigenvalue weighted by molar-refractivity contribution is 0.610. The van der Waals surface area contributed by atoms with E-state index in [1.54, 1.807) is 0 Å². The van der Waals surface area contributed by atoms with Gasteiger partial charge in [-0.05, 0) is 20.0 Å². The Morgan fingerprint density at radius 2 is 1.45 bits per heavy atom. The molecule has 0 bridgehead atoms. The highest BCUT2D eigenvalue weighted by Gasteiger charge is 1.85. The molecular weight excluding hydrogens is 134 g/mol. The largest absolute Gasteiger partial charge is 0.320 e. The highest BCUT2D eigenvalue weighted by molar-refractivity contribution is 4.43. The predicted molar refractivity (Wildman–Crippen MR) is 54.0 cm³/mol. The molecule has 0 aliphatic heterocycles. The maximum Gasteiger partial charge on any atom is -0.00519 e. The van der Waals surface area contributed by atoms with Crippen LogP contribution in [0.3, 0.4) is 0 Å². The molecule has 0 rings (SSSR count). The van der Waals surface area contributed by atoms with Crippen molar-refractivity contribution in [2.75, 3.05) is 13.6 Å². The van der Waals surface area contributed by atoms with Gasteiger partial charge in [-0.15, -0.1) is 0 Å². The minimum Gasteiger partial charge on any atom is -0.320 e. The van der Waals surface area contributed by atoms with Gasteiger partial charge in [0.25, 0.3) is 0 Å². The van der Waals surface area contributed by atoms with Crippen LogP contribution in [0.2, 0.25) is 0 Å². The first-order chi connectivity index (χ1) is 5.41. The van der Waals surface area contributed by atoms with E-state index in [1.165, 1.54) is 38.6 Å². The number of hydrogen-bond acceptors (Lipinski definition) is 1. The topological polar surface area (TPSA) is 12.0 Å². The fourth-order valence-electron chi connectivity index (χ4n) is 0.905. The van der Waals surface area contributed by atoms with Crippen molar-refractivity contribution in [1.82, 2.24) is 5.32 Å². The average Bonchev–Trinajstić information content (AvgIpc) is 2.08. The van der Waals surface area contributed by atoms with Gasteiger partial charge in [-0.1, -0.05) is 46.5 Å². The molecule has 0 saturated heterocycles. The number of hydrogen-bond donors (Lipinski definition) is 1. The van der Waals surface area contributed by atoms with Gasteiger partial charge in [0.05, 0.1) is 0 Å². The molecule has 0 aromatic carbocycles. The normalized spacial score (nSPS) is 8.73. The molecule has 1 N–H and O–H groups in total. The monoisotopic (exact) mass is 159 g/mol. The van der Waals surface area contributed by atoms with Gasteiger partial charge in [-0.2, -0.15) is 0 Å². The number of nitrogens with one attached hydrogen (secondary N) is 1. The van der Waals surface area contributed by atoms with E-state index < -0.39 is 0 Å². The van der Waals surface area contributed by atoms with Crippen LogP contribution in [0.4, 0.5) is 0 Å². The van der Waals surface area contributed by atoms with E-state index in [0.29, 0.717) is 0 Å². The van der Waals surface area contributed by atoms with Crippen molar-refractivity contribution in [2.24, 2.45) is 0 Å². The zero-order chi connectivity index (χ0) is 8.95. The quantitative estimate of drug-likeness (QED) is 0.587. The first kappa shape index (κ1) is 13.5. The molecule has 1 nitrogen and oxygen atoms in total. The fraction of sp³-hybridized carbons (Fsp3) is 1.00. The second kappa shape index (κ2) is 16.5. The minimum atomic E-state index is 1.18. The van der Waals surface area contributed by atoms with Gasteiger partial charge in [-0.25, -0.2) is 0 Å². The Bertz CT molecular complexity index is 38.1. The van der Waals surface area contributed by atoms with Crippen molar-refractivity contribution in [1.29, 1.82) is 0 Å². The fourth-order valence-corrected chi connectivity index (χ4v) is 0.905. The Morgan fingerprint density at radius 3 is 1.91 bits per heavy atom. The van der Waals surface area contributed by atoms with Crippen LogP contribution in [0.15, 0.2) is 0 Å². The smallest absolute Gasteiger partial charge is 0.00519 e. The molecule has 1 heteroatoms. The summed E-state index contributed by atoms with van der Waals surface area (Å²) >= 11 is 0. The third kappa shape index (κ3) is 17.8. The van der Waals surface area contributed by atoms with Gasteiger partial charge in [0.2, 0.25) is 0 Å². The van der Waals surface area contributed by atoms with E-state index >= 15 is 0 Å². The van der Waals surface area contributed by atoms with Gasteiger partial charge < -0.3 is 5.32 Å². The van der Waals surface area contributed by atoms with Gasteiger partial charge in [0.15, 0.2) is 0 Å². The predicted octanol–water partition coefficient (Wildman–Crippen LogP) is 3.20. The maximum atomic E-state index is 3.14. The maximum absolute atomic E-state index is 3.14. The highest BCUT2D eigenvalue weighted by Crippen LogP contribution is 2.00. The van der Waals surface area contributed by atoms with Crippen LogP contribution in [0.1, 0.15) is 52.9 Å². The van der Waals surface area contributed by atoms with Crippen LogP contribution in [0.25, 0.3) is 0 Å². The van der Waals surface area contributed by atoms with Crippen molar-refractivity contribution in [3.8, 4) is 0 Å². The van der Waals surface area contributed by atoms with E-state index in [4.69, 9.17) is 0 Å². The van der Waals surface area contributed by atoms with Crippen LogP contribution in [0, 0.1) is 0 Å². The zero-order valence-electron chi connectivity index (χ0n) is 8.74. The molecule has 0 radical (unpaired) electrons. The summed E-state index contributed by atoms with van der Waals surface area (Å²) in [5.41, 5.74) is 0. The summed E-state index contributed by atoms with van der Waals surface area (Å²) in [6.07, 6.45) is 6.91. The standard InChI is InChI=1S/C8H19N.C2H6/c1-3-4-5-6-7-8-9-2;1-2/h9H,3-8H2,1-2H3;1-2H3. The molecule has 0 fully saturated rings. The van der Waals surface area contributed by atoms with E-state index in [0.717, 1.165) is 0 Å². The molecular formula is C10H25N. The van der Waals surface area contributed by atoms with Crippen LogP contribution >= 0.6 is 0 Å². The summed E-state index contributed by atoms with van der Waals surface area (Å²) in [5, 5.41) is 3.14. The second-order valence-corrected chi connectivity index (χ2v) is 2.52. The summed E-state index contributed by atoms with van der Waals surface area (Å²) in [5.74, 6) is 0. The Kier molecular flexibility index (Phi) is 20.3. The summed E-state index contributed by atoms with van der Waals surface area (Å²) < 4.78 is 0. The van der Waals surface area contributed by atoms with Crippen molar-refractivity contribution < 1.29 is 0 Å². The molecule has 0 spiro atoms. The third-order valence-corrected chi connectivity index (χ3v) is 1.53. The summed E-state index contributed by atoms with van der Waals surface area (Å²) in [7, 11) is 2.01. The van der Waals surface area contributed by atoms with Crippen molar-refractivity contribution in [3.63, 3.8) is 0 Å².